The van der Waals surface area contributed by atoms with E-state index in [1.807, 2.05) is 23.1 Å². The van der Waals surface area contributed by atoms with Crippen molar-refractivity contribution in [1.29, 1.82) is 0 Å². The highest BCUT2D eigenvalue weighted by Gasteiger charge is 2.26. The summed E-state index contributed by atoms with van der Waals surface area (Å²) in [6, 6.07) is 5.92. The molecule has 0 unspecified atom stereocenters. The Morgan fingerprint density at radius 3 is 3.04 bits per heavy atom. The normalized spacial score (nSPS) is 19.0. The Balaban J connectivity index is 0.00000169. The first-order chi connectivity index (χ1) is 11.2. The molecule has 24 heavy (non-hydrogen) atoms. The molecule has 1 N–H and O–H groups in total. The molecule has 1 fully saturated rings. The molecule has 0 radical (unpaired) electrons. The average Bonchev–Trinajstić information content (AvgIpc) is 3.23. The van der Waals surface area contributed by atoms with Crippen LogP contribution in [0.15, 0.2) is 24.4 Å². The third-order valence-electron chi connectivity index (χ3n) is 4.10. The maximum Gasteiger partial charge on any atom is 0.265 e. The fourth-order valence-electron chi connectivity index (χ4n) is 2.82. The van der Waals surface area contributed by atoms with E-state index < -0.39 is 0 Å². The van der Waals surface area contributed by atoms with E-state index in [4.69, 9.17) is 9.47 Å². The summed E-state index contributed by atoms with van der Waals surface area (Å²) in [4.78, 5) is 19.7. The molecule has 2 aromatic rings. The molecule has 0 saturated carbocycles. The number of ether oxygens (including phenoxy) is 2. The third kappa shape index (κ3) is 3.07. The van der Waals surface area contributed by atoms with E-state index in [1.165, 1.54) is 11.3 Å². The van der Waals surface area contributed by atoms with Gasteiger partial charge in [0.05, 0.1) is 6.20 Å². The summed E-state index contributed by atoms with van der Waals surface area (Å²) in [6.07, 6.45) is 1.67. The van der Waals surface area contributed by atoms with Crippen LogP contribution in [0.25, 0.3) is 10.6 Å². The molecular formula is C16H18ClN3O3S. The second-order valence-corrected chi connectivity index (χ2v) is 6.68. The quantitative estimate of drug-likeness (QED) is 0.883. The number of fused-ring (bicyclic) bond motifs is 1. The lowest BCUT2D eigenvalue weighted by Gasteiger charge is -2.33. The van der Waals surface area contributed by atoms with Crippen LogP contribution in [0.5, 0.6) is 11.5 Å². The summed E-state index contributed by atoms with van der Waals surface area (Å²) in [6.45, 7) is 4.71. The van der Waals surface area contributed by atoms with Gasteiger partial charge < -0.3 is 19.7 Å². The van der Waals surface area contributed by atoms with Gasteiger partial charge in [0.2, 0.25) is 6.79 Å². The van der Waals surface area contributed by atoms with E-state index in [1.54, 1.807) is 6.20 Å². The number of carbonyl (C=O) groups is 1. The Hall–Kier alpha value is -1.83. The van der Waals surface area contributed by atoms with Crippen molar-refractivity contribution in [2.24, 2.45) is 0 Å². The van der Waals surface area contributed by atoms with Gasteiger partial charge in [-0.25, -0.2) is 4.98 Å². The summed E-state index contributed by atoms with van der Waals surface area (Å²) in [5, 5.41) is 4.11. The van der Waals surface area contributed by atoms with Crippen molar-refractivity contribution in [2.45, 2.75) is 13.0 Å². The van der Waals surface area contributed by atoms with Gasteiger partial charge in [-0.05, 0) is 25.1 Å². The van der Waals surface area contributed by atoms with Gasteiger partial charge >= 0.3 is 0 Å². The summed E-state index contributed by atoms with van der Waals surface area (Å²) >= 11 is 1.42. The first-order valence-electron chi connectivity index (χ1n) is 7.60. The van der Waals surface area contributed by atoms with Crippen LogP contribution < -0.4 is 14.8 Å². The van der Waals surface area contributed by atoms with Crippen LogP contribution in [0.1, 0.15) is 16.6 Å². The number of carbonyl (C=O) groups excluding carboxylic acids is 1. The summed E-state index contributed by atoms with van der Waals surface area (Å²) in [5.41, 5.74) is 0.937. The van der Waals surface area contributed by atoms with Gasteiger partial charge in [-0.2, -0.15) is 0 Å². The topological polar surface area (TPSA) is 63.7 Å². The van der Waals surface area contributed by atoms with Gasteiger partial charge in [0, 0.05) is 31.2 Å². The summed E-state index contributed by atoms with van der Waals surface area (Å²) in [5.74, 6) is 1.53. The number of halogens is 1. The van der Waals surface area contributed by atoms with E-state index in [9.17, 15) is 4.79 Å². The maximum atomic E-state index is 12.7. The van der Waals surface area contributed by atoms with E-state index in [0.29, 0.717) is 4.88 Å². The Kier molecular flexibility index (Phi) is 4.93. The molecule has 2 aliphatic rings. The van der Waals surface area contributed by atoms with Crippen molar-refractivity contribution < 1.29 is 14.3 Å². The highest BCUT2D eigenvalue weighted by atomic mass is 35.5. The zero-order valence-corrected chi connectivity index (χ0v) is 14.8. The first-order valence-corrected chi connectivity index (χ1v) is 8.41. The van der Waals surface area contributed by atoms with Gasteiger partial charge in [0.15, 0.2) is 11.5 Å². The number of benzene rings is 1. The highest BCUT2D eigenvalue weighted by molar-refractivity contribution is 7.16. The molecule has 8 heteroatoms. The summed E-state index contributed by atoms with van der Waals surface area (Å²) < 4.78 is 10.7. The van der Waals surface area contributed by atoms with Crippen LogP contribution >= 0.6 is 23.7 Å². The van der Waals surface area contributed by atoms with Gasteiger partial charge in [-0.1, -0.05) is 0 Å². The Morgan fingerprint density at radius 1 is 1.38 bits per heavy atom. The predicted octanol–water partition coefficient (Wildman–Crippen LogP) is 2.39. The van der Waals surface area contributed by atoms with Crippen molar-refractivity contribution >= 4 is 29.7 Å². The first kappa shape index (κ1) is 17.0. The molecule has 0 spiro atoms. The lowest BCUT2D eigenvalue weighted by Crippen LogP contribution is -2.52. The number of aromatic nitrogens is 1. The number of nitrogens with one attached hydrogen (secondary N) is 1. The Labute approximate surface area is 150 Å². The van der Waals surface area contributed by atoms with Crippen LogP contribution in [0, 0.1) is 0 Å². The average molecular weight is 368 g/mol. The van der Waals surface area contributed by atoms with Crippen molar-refractivity contribution in [1.82, 2.24) is 15.2 Å². The summed E-state index contributed by atoms with van der Waals surface area (Å²) in [7, 11) is 0. The molecule has 1 saturated heterocycles. The molecular weight excluding hydrogens is 350 g/mol. The Bertz CT molecular complexity index is 752. The third-order valence-corrected chi connectivity index (χ3v) is 5.13. The van der Waals surface area contributed by atoms with Crippen molar-refractivity contribution in [3.63, 3.8) is 0 Å². The van der Waals surface area contributed by atoms with Gasteiger partial charge in [-0.15, -0.1) is 23.7 Å². The number of thiazole rings is 1. The highest BCUT2D eigenvalue weighted by Crippen LogP contribution is 2.37. The predicted molar refractivity (Wildman–Crippen MR) is 94.3 cm³/mol. The SMILES string of the molecule is C[C@@H]1CNCCN1C(=O)c1cnc(-c2ccc3c(c2)OCO3)s1.Cl. The van der Waals surface area contributed by atoms with E-state index in [2.05, 4.69) is 17.2 Å². The molecule has 1 amide bonds. The fraction of sp³-hybridized carbons (Fsp3) is 0.375. The van der Waals surface area contributed by atoms with Crippen LogP contribution in [0.2, 0.25) is 0 Å². The largest absolute Gasteiger partial charge is 0.454 e. The number of nitrogens with zero attached hydrogens (tertiary/aromatic N) is 2. The van der Waals surface area contributed by atoms with Crippen molar-refractivity contribution in [2.75, 3.05) is 26.4 Å². The molecule has 2 aliphatic heterocycles. The van der Waals surface area contributed by atoms with Crippen LogP contribution in [0.4, 0.5) is 0 Å². The molecule has 1 aromatic heterocycles. The molecule has 128 valence electrons. The smallest absolute Gasteiger partial charge is 0.265 e. The number of piperazine rings is 1. The van der Waals surface area contributed by atoms with Crippen LogP contribution in [-0.4, -0.2) is 48.3 Å². The van der Waals surface area contributed by atoms with E-state index in [-0.39, 0.29) is 31.1 Å². The van der Waals surface area contributed by atoms with E-state index in [0.717, 1.165) is 41.7 Å². The van der Waals surface area contributed by atoms with E-state index >= 15 is 0 Å². The molecule has 1 aromatic carbocycles. The lowest BCUT2D eigenvalue weighted by atomic mass is 10.2. The standard InChI is InChI=1S/C16H17N3O3S.ClH/c1-10-7-17-4-5-19(10)16(20)14-8-18-15(23-14)11-2-3-12-13(6-11)22-9-21-12;/h2-3,6,8,10,17H,4-5,7,9H2,1H3;1H/t10-;/m1./s1. The second-order valence-electron chi connectivity index (χ2n) is 5.65. The minimum absolute atomic E-state index is 0. The number of hydrogen-bond acceptors (Lipinski definition) is 6. The molecule has 4 rings (SSSR count). The maximum absolute atomic E-state index is 12.7. The second kappa shape index (κ2) is 6.96. The monoisotopic (exact) mass is 367 g/mol. The lowest BCUT2D eigenvalue weighted by molar-refractivity contribution is 0.0660. The minimum Gasteiger partial charge on any atom is -0.454 e. The van der Waals surface area contributed by atoms with Crippen molar-refractivity contribution in [3.8, 4) is 22.1 Å². The molecule has 0 aliphatic carbocycles. The van der Waals surface area contributed by atoms with Gasteiger partial charge in [-0.3, -0.25) is 4.79 Å². The van der Waals surface area contributed by atoms with Crippen LogP contribution in [-0.2, 0) is 0 Å². The zero-order valence-electron chi connectivity index (χ0n) is 13.2. The number of rotatable bonds is 2. The molecule has 6 nitrogen and oxygen atoms in total. The Morgan fingerprint density at radius 2 is 2.21 bits per heavy atom. The van der Waals surface area contributed by atoms with Gasteiger partial charge in [0.1, 0.15) is 9.88 Å². The number of hydrogen-bond donors (Lipinski definition) is 1. The van der Waals surface area contributed by atoms with Crippen molar-refractivity contribution in [3.05, 3.63) is 29.3 Å². The molecule has 0 bridgehead atoms. The molecule has 1 atom stereocenters. The molecule has 3 heterocycles. The fourth-order valence-corrected chi connectivity index (χ4v) is 3.69. The zero-order chi connectivity index (χ0) is 15.8. The number of amides is 1. The van der Waals surface area contributed by atoms with Gasteiger partial charge in [0.25, 0.3) is 5.91 Å². The van der Waals surface area contributed by atoms with Crippen LogP contribution in [0.3, 0.4) is 0 Å². The minimum atomic E-state index is 0.